The van der Waals surface area contributed by atoms with Crippen molar-refractivity contribution in [3.63, 3.8) is 0 Å². The number of hydrogen-bond acceptors (Lipinski definition) is 6. The zero-order chi connectivity index (χ0) is 25.1. The normalized spacial score (nSPS) is 17.8. The molecule has 3 aliphatic rings. The second-order valence-corrected chi connectivity index (χ2v) is 8.66. The van der Waals surface area contributed by atoms with Crippen molar-refractivity contribution < 1.29 is 27.8 Å². The van der Waals surface area contributed by atoms with Crippen molar-refractivity contribution in [1.82, 2.24) is 14.7 Å². The molecule has 0 aliphatic carbocycles. The lowest BCUT2D eigenvalue weighted by Gasteiger charge is -2.33. The first-order valence-corrected chi connectivity index (χ1v) is 12.3. The summed E-state index contributed by atoms with van der Waals surface area (Å²) in [5.74, 6) is 1.26. The predicted octanol–water partition coefficient (Wildman–Crippen LogP) is 5.16. The van der Waals surface area contributed by atoms with Gasteiger partial charge < -0.3 is 24.0 Å². The summed E-state index contributed by atoms with van der Waals surface area (Å²) >= 11 is 0. The minimum atomic E-state index is -2.58. The Hall–Kier alpha value is -2.88. The van der Waals surface area contributed by atoms with Gasteiger partial charge in [0.2, 0.25) is 0 Å². The number of aryl methyl sites for hydroxylation is 1. The summed E-state index contributed by atoms with van der Waals surface area (Å²) in [6, 6.07) is 3.39. The molecule has 8 nitrogen and oxygen atoms in total. The van der Waals surface area contributed by atoms with Gasteiger partial charge in [-0.1, -0.05) is 13.8 Å². The average molecular weight is 493 g/mol. The van der Waals surface area contributed by atoms with Crippen molar-refractivity contribution >= 4 is 17.6 Å². The van der Waals surface area contributed by atoms with E-state index in [0.29, 0.717) is 68.7 Å². The highest BCUT2D eigenvalue weighted by Crippen LogP contribution is 2.43. The second kappa shape index (κ2) is 10.8. The van der Waals surface area contributed by atoms with E-state index in [4.69, 9.17) is 19.3 Å². The molecule has 192 valence electrons. The largest absolute Gasteiger partial charge is 0.490 e. The third-order valence-corrected chi connectivity index (χ3v) is 6.74. The minimum Gasteiger partial charge on any atom is -0.490 e. The van der Waals surface area contributed by atoms with Crippen molar-refractivity contribution in [2.24, 2.45) is 0 Å². The number of hydrogen-bond donors (Lipinski definition) is 0. The summed E-state index contributed by atoms with van der Waals surface area (Å²) < 4.78 is 45.7. The summed E-state index contributed by atoms with van der Waals surface area (Å²) in [5.41, 5.74) is 3.09. The fourth-order valence-corrected chi connectivity index (χ4v) is 5.00. The number of alkyl halides is 2. The Balaban J connectivity index is 0.00000141. The zero-order valence-corrected chi connectivity index (χ0v) is 20.9. The highest BCUT2D eigenvalue weighted by atomic mass is 19.3. The average Bonchev–Trinajstić information content (AvgIpc) is 3.27. The van der Waals surface area contributed by atoms with Crippen molar-refractivity contribution in [2.45, 2.75) is 59.0 Å². The van der Waals surface area contributed by atoms with Crippen LogP contribution in [0.15, 0.2) is 12.1 Å². The number of benzene rings is 1. The molecule has 0 saturated carbocycles. The molecule has 0 N–H and O–H groups in total. The highest BCUT2D eigenvalue weighted by molar-refractivity contribution is 5.74. The molecule has 0 bridgehead atoms. The number of carbonyl (C=O) groups excluding carboxylic acids is 1. The first-order valence-electron chi connectivity index (χ1n) is 12.3. The van der Waals surface area contributed by atoms with E-state index >= 15 is 0 Å². The van der Waals surface area contributed by atoms with E-state index in [1.165, 1.54) is 13.2 Å². The van der Waals surface area contributed by atoms with E-state index in [9.17, 15) is 13.6 Å². The zero-order valence-electron chi connectivity index (χ0n) is 20.9. The Morgan fingerprint density at radius 3 is 2.60 bits per heavy atom. The lowest BCUT2D eigenvalue weighted by atomic mass is 10.0. The van der Waals surface area contributed by atoms with Crippen LogP contribution in [0.2, 0.25) is 0 Å². The second-order valence-electron chi connectivity index (χ2n) is 8.66. The first kappa shape index (κ1) is 25.2. The van der Waals surface area contributed by atoms with Gasteiger partial charge >= 0.3 is 6.09 Å². The standard InChI is InChI=1S/C23H28F2N4O4.C2H6/c1-14-11-20-19(12-16(14)21(24)25)28(7-10-33-20)22-17-13-27(23(30)31-2)6-3-18(17)29(26-22)15-4-8-32-9-5-15;1-2/h11-12,15,21H,3-10,13H2,1-2H3;1-2H3. The predicted molar refractivity (Wildman–Crippen MR) is 128 cm³/mol. The van der Waals surface area contributed by atoms with Crippen LogP contribution in [-0.4, -0.2) is 60.8 Å². The summed E-state index contributed by atoms with van der Waals surface area (Å²) in [5, 5.41) is 5.02. The smallest absolute Gasteiger partial charge is 0.409 e. The maximum atomic E-state index is 13.7. The molecular weight excluding hydrogens is 458 g/mol. The molecule has 0 unspecified atom stereocenters. The number of ether oxygens (including phenoxy) is 3. The number of aromatic nitrogens is 2. The molecule has 1 fully saturated rings. The van der Waals surface area contributed by atoms with Crippen molar-refractivity contribution in [1.29, 1.82) is 0 Å². The fraction of sp³-hybridized carbons (Fsp3) is 0.600. The molecule has 35 heavy (non-hydrogen) atoms. The maximum absolute atomic E-state index is 13.7. The van der Waals surface area contributed by atoms with Crippen molar-refractivity contribution in [3.05, 3.63) is 34.5 Å². The van der Waals surface area contributed by atoms with Gasteiger partial charge in [0.05, 0.1) is 31.9 Å². The Bertz CT molecular complexity index is 1050. The van der Waals surface area contributed by atoms with Crippen LogP contribution in [-0.2, 0) is 22.4 Å². The van der Waals surface area contributed by atoms with Gasteiger partial charge in [-0.05, 0) is 37.5 Å². The third kappa shape index (κ3) is 4.80. The Kier molecular flexibility index (Phi) is 7.78. The van der Waals surface area contributed by atoms with Crippen LogP contribution < -0.4 is 9.64 Å². The number of nitrogens with zero attached hydrogens (tertiary/aromatic N) is 4. The molecule has 0 spiro atoms. The van der Waals surface area contributed by atoms with Crippen LogP contribution in [0.1, 0.15) is 61.5 Å². The van der Waals surface area contributed by atoms with E-state index < -0.39 is 6.43 Å². The molecule has 0 radical (unpaired) electrons. The maximum Gasteiger partial charge on any atom is 0.409 e. The van der Waals surface area contributed by atoms with Gasteiger partial charge in [-0.15, -0.1) is 0 Å². The Labute approximate surface area is 204 Å². The summed E-state index contributed by atoms with van der Waals surface area (Å²) in [7, 11) is 1.37. The molecule has 10 heteroatoms. The van der Waals surface area contributed by atoms with E-state index in [1.54, 1.807) is 17.9 Å². The van der Waals surface area contributed by atoms with Crippen LogP contribution in [0.5, 0.6) is 5.75 Å². The van der Waals surface area contributed by atoms with Gasteiger partial charge in [-0.25, -0.2) is 13.6 Å². The lowest BCUT2D eigenvalue weighted by molar-refractivity contribution is 0.0649. The Morgan fingerprint density at radius 2 is 1.91 bits per heavy atom. The van der Waals surface area contributed by atoms with E-state index in [-0.39, 0.29) is 17.7 Å². The summed E-state index contributed by atoms with van der Waals surface area (Å²) in [6.07, 6.45) is -0.584. The molecule has 2 aromatic rings. The van der Waals surface area contributed by atoms with Gasteiger partial charge in [-0.3, -0.25) is 4.68 Å². The van der Waals surface area contributed by atoms with E-state index in [2.05, 4.69) is 4.68 Å². The van der Waals surface area contributed by atoms with Crippen LogP contribution in [0.25, 0.3) is 0 Å². The van der Waals surface area contributed by atoms with Gasteiger partial charge in [0.1, 0.15) is 12.4 Å². The molecule has 1 aromatic heterocycles. The minimum absolute atomic E-state index is 0.0156. The topological polar surface area (TPSA) is 69.1 Å². The van der Waals surface area contributed by atoms with E-state index in [0.717, 1.165) is 24.1 Å². The van der Waals surface area contributed by atoms with Crippen LogP contribution in [0, 0.1) is 6.92 Å². The van der Waals surface area contributed by atoms with E-state index in [1.807, 2.05) is 18.7 Å². The monoisotopic (exact) mass is 492 g/mol. The molecule has 5 rings (SSSR count). The SMILES string of the molecule is CC.COC(=O)N1CCc2c(c(N3CCOc4cc(C)c(C(F)F)cc43)nn2C2CCOCC2)C1. The quantitative estimate of drug-likeness (QED) is 0.590. The molecule has 1 amide bonds. The number of rotatable bonds is 3. The number of amides is 1. The number of methoxy groups -OCH3 is 1. The lowest BCUT2D eigenvalue weighted by Crippen LogP contribution is -2.37. The molecule has 4 heterocycles. The van der Waals surface area contributed by atoms with Crippen molar-refractivity contribution in [2.75, 3.05) is 44.9 Å². The number of fused-ring (bicyclic) bond motifs is 2. The summed E-state index contributed by atoms with van der Waals surface area (Å²) in [6.45, 7) is 8.83. The highest BCUT2D eigenvalue weighted by Gasteiger charge is 2.35. The van der Waals surface area contributed by atoms with Gasteiger partial charge in [0.15, 0.2) is 5.82 Å². The van der Waals surface area contributed by atoms with Crippen LogP contribution in [0.4, 0.5) is 25.1 Å². The fourth-order valence-electron chi connectivity index (χ4n) is 5.00. The first-order chi connectivity index (χ1) is 17.0. The van der Waals surface area contributed by atoms with Gasteiger partial charge in [-0.2, -0.15) is 5.10 Å². The van der Waals surface area contributed by atoms with Gasteiger partial charge in [0, 0.05) is 43.0 Å². The molecule has 1 saturated heterocycles. The molecular formula is C25H34F2N4O4. The van der Waals surface area contributed by atoms with Crippen molar-refractivity contribution in [3.8, 4) is 5.75 Å². The van der Waals surface area contributed by atoms with Gasteiger partial charge in [0.25, 0.3) is 6.43 Å². The molecule has 3 aliphatic heterocycles. The number of anilines is 2. The Morgan fingerprint density at radius 1 is 1.17 bits per heavy atom. The molecule has 0 atom stereocenters. The molecule has 1 aromatic carbocycles. The number of halogens is 2. The third-order valence-electron chi connectivity index (χ3n) is 6.74. The van der Waals surface area contributed by atoms with Crippen LogP contribution >= 0.6 is 0 Å². The number of carbonyl (C=O) groups is 1. The van der Waals surface area contributed by atoms with Crippen LogP contribution in [0.3, 0.4) is 0 Å². The summed E-state index contributed by atoms with van der Waals surface area (Å²) in [4.78, 5) is 15.9.